The van der Waals surface area contributed by atoms with Gasteiger partial charge in [-0.3, -0.25) is 4.79 Å². The van der Waals surface area contributed by atoms with Crippen LogP contribution in [0.4, 0.5) is 0 Å². The summed E-state index contributed by atoms with van der Waals surface area (Å²) in [5, 5.41) is 12.1. The molecule has 0 unspecified atom stereocenters. The van der Waals surface area contributed by atoms with E-state index in [9.17, 15) is 4.79 Å². The van der Waals surface area contributed by atoms with Crippen molar-refractivity contribution in [1.29, 1.82) is 5.26 Å². The van der Waals surface area contributed by atoms with Crippen LogP contribution in [-0.2, 0) is 14.0 Å². The molecule has 2 aliphatic rings. The molecule has 0 bridgehead atoms. The quantitative estimate of drug-likeness (QED) is 0.462. The number of amides is 1. The Morgan fingerprint density at radius 3 is 2.50 bits per heavy atom. The molecule has 2 rings (SSSR count). The van der Waals surface area contributed by atoms with Crippen molar-refractivity contribution in [2.24, 2.45) is 11.8 Å². The van der Waals surface area contributed by atoms with E-state index in [4.69, 9.17) is 14.4 Å². The number of ether oxygens (including phenoxy) is 1. The molecule has 0 aromatic rings. The number of hydrogen-bond acceptors (Lipinski definition) is 4. The third-order valence-electron chi connectivity index (χ3n) is 5.42. The van der Waals surface area contributed by atoms with Gasteiger partial charge in [0.25, 0.3) is 0 Å². The average Bonchev–Trinajstić information content (AvgIpc) is 3.15. The number of epoxide rings is 1. The van der Waals surface area contributed by atoms with E-state index in [1.807, 2.05) is 6.92 Å². The molecule has 1 amide bonds. The molecule has 2 heterocycles. The van der Waals surface area contributed by atoms with Gasteiger partial charge in [0.05, 0.1) is 30.8 Å². The Hall–Kier alpha value is -0.903. The SMILES string of the molecule is C[C@@H](O[Si](C)(C)C(C)(C)C)[C@H]1C(=O)N[C@@H]1[C@H](CC#N)[C@H]1CO1. The summed E-state index contributed by atoms with van der Waals surface area (Å²) < 4.78 is 11.8. The normalized spacial score (nSPS) is 30.8. The molecule has 22 heavy (non-hydrogen) atoms. The Labute approximate surface area is 134 Å². The highest BCUT2D eigenvalue weighted by atomic mass is 28.4. The van der Waals surface area contributed by atoms with Crippen LogP contribution in [0.3, 0.4) is 0 Å². The van der Waals surface area contributed by atoms with Crippen LogP contribution < -0.4 is 5.32 Å². The number of hydrogen-bond donors (Lipinski definition) is 1. The number of nitrogens with zero attached hydrogens (tertiary/aromatic N) is 1. The molecule has 0 aromatic carbocycles. The summed E-state index contributed by atoms with van der Waals surface area (Å²) in [6, 6.07) is 2.22. The number of β-lactam (4-membered cyclic amide) rings is 1. The molecular weight excluding hydrogens is 296 g/mol. The zero-order valence-electron chi connectivity index (χ0n) is 14.5. The second kappa shape index (κ2) is 5.95. The Balaban J connectivity index is 2.06. The number of carbonyl (C=O) groups is 1. The second-order valence-electron chi connectivity index (χ2n) is 8.04. The van der Waals surface area contributed by atoms with Crippen LogP contribution in [0.1, 0.15) is 34.1 Å². The lowest BCUT2D eigenvalue weighted by Crippen LogP contribution is -2.66. The molecule has 0 saturated carbocycles. The van der Waals surface area contributed by atoms with Crippen molar-refractivity contribution in [2.45, 2.75) is 70.5 Å². The highest BCUT2D eigenvalue weighted by Gasteiger charge is 2.53. The van der Waals surface area contributed by atoms with E-state index in [-0.39, 0.29) is 41.0 Å². The molecule has 5 atom stereocenters. The summed E-state index contributed by atoms with van der Waals surface area (Å²) in [6.45, 7) is 13.7. The van der Waals surface area contributed by atoms with Crippen LogP contribution in [0, 0.1) is 23.2 Å². The van der Waals surface area contributed by atoms with Gasteiger partial charge in [0.15, 0.2) is 8.32 Å². The molecule has 0 aromatic heterocycles. The Kier molecular flexibility index (Phi) is 4.72. The predicted octanol–water partition coefficient (Wildman–Crippen LogP) is 2.44. The predicted molar refractivity (Wildman–Crippen MR) is 86.6 cm³/mol. The molecule has 6 heteroatoms. The lowest BCUT2D eigenvalue weighted by Gasteiger charge is -2.47. The van der Waals surface area contributed by atoms with Gasteiger partial charge in [-0.25, -0.2) is 0 Å². The summed E-state index contributed by atoms with van der Waals surface area (Å²) in [7, 11) is -1.91. The van der Waals surface area contributed by atoms with Crippen molar-refractivity contribution in [2.75, 3.05) is 6.61 Å². The first-order chi connectivity index (χ1) is 10.1. The van der Waals surface area contributed by atoms with E-state index in [1.165, 1.54) is 0 Å². The van der Waals surface area contributed by atoms with Gasteiger partial charge >= 0.3 is 0 Å². The highest BCUT2D eigenvalue weighted by molar-refractivity contribution is 6.74. The van der Waals surface area contributed by atoms with Crippen LogP contribution in [0.2, 0.25) is 18.1 Å². The number of rotatable bonds is 6. The van der Waals surface area contributed by atoms with Gasteiger partial charge in [-0.05, 0) is 25.1 Å². The van der Waals surface area contributed by atoms with E-state index in [1.54, 1.807) is 0 Å². The average molecular weight is 324 g/mol. The zero-order chi connectivity index (χ0) is 16.7. The fraction of sp³-hybridized carbons (Fsp3) is 0.875. The molecule has 1 N–H and O–H groups in total. The summed E-state index contributed by atoms with van der Waals surface area (Å²) in [4.78, 5) is 12.1. The van der Waals surface area contributed by atoms with Crippen molar-refractivity contribution in [1.82, 2.24) is 5.32 Å². The maximum atomic E-state index is 12.1. The third-order valence-corrected chi connectivity index (χ3v) is 9.99. The summed E-state index contributed by atoms with van der Waals surface area (Å²) in [6.07, 6.45) is 0.409. The maximum Gasteiger partial charge on any atom is 0.228 e. The van der Waals surface area contributed by atoms with E-state index in [0.29, 0.717) is 13.0 Å². The lowest BCUT2D eigenvalue weighted by molar-refractivity contribution is -0.142. The molecule has 0 radical (unpaired) electrons. The van der Waals surface area contributed by atoms with Crippen LogP contribution >= 0.6 is 0 Å². The number of nitrogens with one attached hydrogen (secondary N) is 1. The van der Waals surface area contributed by atoms with Crippen molar-refractivity contribution in [3.05, 3.63) is 0 Å². The van der Waals surface area contributed by atoms with E-state index >= 15 is 0 Å². The summed E-state index contributed by atoms with van der Waals surface area (Å²) in [5.41, 5.74) is 0. The third kappa shape index (κ3) is 3.37. The molecule has 5 nitrogen and oxygen atoms in total. The first-order valence-electron chi connectivity index (χ1n) is 8.05. The van der Waals surface area contributed by atoms with Crippen LogP contribution in [0.15, 0.2) is 0 Å². The van der Waals surface area contributed by atoms with Crippen molar-refractivity contribution in [3.63, 3.8) is 0 Å². The van der Waals surface area contributed by atoms with Crippen LogP contribution in [0.5, 0.6) is 0 Å². The number of nitriles is 1. The molecule has 0 aliphatic carbocycles. The topological polar surface area (TPSA) is 74.6 Å². The van der Waals surface area contributed by atoms with Gasteiger partial charge in [0.1, 0.15) is 0 Å². The fourth-order valence-electron chi connectivity index (χ4n) is 2.91. The molecule has 2 aliphatic heterocycles. The lowest BCUT2D eigenvalue weighted by atomic mass is 9.76. The molecule has 124 valence electrons. The Bertz CT molecular complexity index is 477. The minimum atomic E-state index is -1.91. The molecule has 0 spiro atoms. The minimum absolute atomic E-state index is 0.000539. The van der Waals surface area contributed by atoms with Gasteiger partial charge in [0.2, 0.25) is 5.91 Å². The van der Waals surface area contributed by atoms with Gasteiger partial charge in [0, 0.05) is 18.4 Å². The standard InChI is InChI=1S/C16H28N2O3Si/c1-10(21-22(5,6)16(2,3)4)13-14(18-15(13)19)11(7-8-17)12-9-20-12/h10-14H,7,9H2,1-6H3,(H,18,19)/t10-,11-,12-,13-,14-/m1/s1. The molecular formula is C16H28N2O3Si. The molecule has 2 saturated heterocycles. The zero-order valence-corrected chi connectivity index (χ0v) is 15.5. The highest BCUT2D eigenvalue weighted by Crippen LogP contribution is 2.41. The summed E-state index contributed by atoms with van der Waals surface area (Å²) >= 11 is 0. The van der Waals surface area contributed by atoms with Crippen LogP contribution in [0.25, 0.3) is 0 Å². The van der Waals surface area contributed by atoms with Crippen LogP contribution in [-0.4, -0.2) is 39.1 Å². The smallest absolute Gasteiger partial charge is 0.228 e. The number of carbonyl (C=O) groups excluding carboxylic acids is 1. The maximum absolute atomic E-state index is 12.1. The van der Waals surface area contributed by atoms with Gasteiger partial charge in [-0.1, -0.05) is 20.8 Å². The van der Waals surface area contributed by atoms with E-state index in [2.05, 4.69) is 45.3 Å². The second-order valence-corrected chi connectivity index (χ2v) is 12.8. The first kappa shape index (κ1) is 17.5. The van der Waals surface area contributed by atoms with Crippen molar-refractivity contribution >= 4 is 14.2 Å². The Morgan fingerprint density at radius 2 is 2.09 bits per heavy atom. The summed E-state index contributed by atoms with van der Waals surface area (Å²) in [5.74, 6) is -0.0466. The van der Waals surface area contributed by atoms with Gasteiger partial charge < -0.3 is 14.5 Å². The molecule has 2 fully saturated rings. The first-order valence-corrected chi connectivity index (χ1v) is 11.0. The largest absolute Gasteiger partial charge is 0.413 e. The Morgan fingerprint density at radius 1 is 1.50 bits per heavy atom. The van der Waals surface area contributed by atoms with Crippen molar-refractivity contribution in [3.8, 4) is 6.07 Å². The minimum Gasteiger partial charge on any atom is -0.413 e. The monoisotopic (exact) mass is 324 g/mol. The fourth-order valence-corrected chi connectivity index (χ4v) is 4.34. The van der Waals surface area contributed by atoms with Gasteiger partial charge in [-0.15, -0.1) is 0 Å². The van der Waals surface area contributed by atoms with E-state index in [0.717, 1.165) is 0 Å². The van der Waals surface area contributed by atoms with Crippen molar-refractivity contribution < 1.29 is 14.0 Å². The van der Waals surface area contributed by atoms with E-state index < -0.39 is 8.32 Å². The van der Waals surface area contributed by atoms with Gasteiger partial charge in [-0.2, -0.15) is 5.26 Å².